The van der Waals surface area contributed by atoms with Crippen molar-refractivity contribution in [3.8, 4) is 0 Å². The van der Waals surface area contributed by atoms with Crippen LogP contribution in [-0.4, -0.2) is 5.48 Å². The second-order valence-corrected chi connectivity index (χ2v) is 0. The Kier molecular flexibility index (Phi) is 9820. The van der Waals surface area contributed by atoms with Gasteiger partial charge in [-0.25, -0.2) is 0 Å². The van der Waals surface area contributed by atoms with Crippen molar-refractivity contribution in [2.24, 2.45) is 0 Å². The molecule has 0 aromatic heterocycles. The molecule has 0 aromatic rings. The summed E-state index contributed by atoms with van der Waals surface area (Å²) in [4.78, 5) is 0. The van der Waals surface area contributed by atoms with Gasteiger partial charge in [-0.1, -0.05) is 0 Å². The molecule has 0 amide bonds. The van der Waals surface area contributed by atoms with Gasteiger partial charge in [-0.3, -0.25) is 0 Å². The molecular weight excluding hydrogens is 118 g/mol. The van der Waals surface area contributed by atoms with E-state index in [0.717, 1.165) is 0 Å². The van der Waals surface area contributed by atoms with Gasteiger partial charge >= 0.3 is 25.8 Å². The predicted molar refractivity (Wildman–Crippen MR) is 3.61 cm³/mol. The molecule has 5 heteroatoms. The molecule has 1 nitrogen and oxygen atoms in total. The van der Waals surface area contributed by atoms with Crippen molar-refractivity contribution in [2.45, 2.75) is 0 Å². The topological polar surface area (TPSA) is 31.5 Å². The molecule has 0 saturated heterocycles. The first-order valence-electron chi connectivity index (χ1n) is 0. The van der Waals surface area contributed by atoms with Gasteiger partial charge in [0.05, 0.1) is 0 Å². The van der Waals surface area contributed by atoms with E-state index in [9.17, 15) is 0 Å². The molecule has 2 N–H and O–H groups in total. The molecule has 5 heavy (non-hydrogen) atoms. The van der Waals surface area contributed by atoms with Gasteiger partial charge in [0.25, 0.3) is 0 Å². The molecule has 0 unspecified atom stereocenters. The average molecular weight is 120 g/mol. The van der Waals surface area contributed by atoms with E-state index in [1.807, 2.05) is 0 Å². The van der Waals surface area contributed by atoms with Crippen molar-refractivity contribution >= 4 is 0 Å². The second kappa shape index (κ2) is 157. The van der Waals surface area contributed by atoms with E-state index < -0.39 is 0 Å². The average Bonchev–Trinajstić information content (AvgIpc) is 0. The summed E-state index contributed by atoms with van der Waals surface area (Å²) >= 11 is 0. The van der Waals surface area contributed by atoms with Gasteiger partial charge in [-0.15, -0.1) is 0 Å². The largest absolute Gasteiger partial charge is 3.00 e. The van der Waals surface area contributed by atoms with E-state index in [0.29, 0.717) is 0 Å². The maximum atomic E-state index is 0. The van der Waals surface area contributed by atoms with Crippen LogP contribution in [0.1, 0.15) is 0 Å². The Morgan fingerprint density at radius 1 is 0.600 bits per heavy atom. The number of halogens is 3. The van der Waals surface area contributed by atoms with Crippen LogP contribution in [0.3, 0.4) is 0 Å². The van der Waals surface area contributed by atoms with Crippen molar-refractivity contribution in [1.82, 2.24) is 0 Å². The van der Waals surface area contributed by atoms with Crippen molar-refractivity contribution in [3.05, 3.63) is 0 Å². The Morgan fingerprint density at radius 2 is 0.600 bits per heavy atom. The normalized spacial score (nSPS) is 0. The molecule has 0 aliphatic rings. The van der Waals surface area contributed by atoms with Gasteiger partial charge < -0.3 is 19.6 Å². The molecule has 0 radical (unpaired) electrons. The molecule has 0 aromatic carbocycles. The van der Waals surface area contributed by atoms with Crippen molar-refractivity contribution in [2.75, 3.05) is 0 Å². The number of hydrogen-bond donors (Lipinski definition) is 0. The van der Waals surface area contributed by atoms with E-state index in [-0.39, 0.29) is 45.4 Å². The van der Waals surface area contributed by atoms with Gasteiger partial charge in [0.1, 0.15) is 0 Å². The zero-order chi connectivity index (χ0) is 0. The Balaban J connectivity index is 0. The maximum absolute atomic E-state index is 0. The first-order chi connectivity index (χ1) is 0. The molecule has 0 saturated carbocycles. The van der Waals surface area contributed by atoms with Crippen LogP contribution in [0, 0.1) is 0 Å². The minimum Gasteiger partial charge on any atom is -1.00 e. The first-order valence-corrected chi connectivity index (χ1v) is 0. The Hall–Kier alpha value is 0.620. The fourth-order valence-corrected chi connectivity index (χ4v) is 0. The summed E-state index contributed by atoms with van der Waals surface area (Å²) in [6, 6.07) is 0. The summed E-state index contributed by atoms with van der Waals surface area (Å²) in [6.45, 7) is 0. The molecule has 0 heterocycles. The third-order valence-electron chi connectivity index (χ3n) is 0. The summed E-state index contributed by atoms with van der Waals surface area (Å²) in [5.41, 5.74) is 0. The van der Waals surface area contributed by atoms with Crippen LogP contribution >= 0.6 is 0 Å². The summed E-state index contributed by atoms with van der Waals surface area (Å²) in [5, 5.41) is 0. The summed E-state index contributed by atoms with van der Waals surface area (Å²) in [7, 11) is 0. The molecule has 0 aliphatic heterocycles. The fourth-order valence-electron chi connectivity index (χ4n) is 0. The van der Waals surface area contributed by atoms with E-state index in [1.165, 1.54) is 0 Å². The van der Waals surface area contributed by atoms with Crippen LogP contribution < -0.4 is 14.1 Å². The minimum absolute atomic E-state index is 0. The molecular formula is H2F3OSc. The third kappa shape index (κ3) is 82.5. The van der Waals surface area contributed by atoms with Gasteiger partial charge in [0.15, 0.2) is 0 Å². The van der Waals surface area contributed by atoms with Gasteiger partial charge in [0.2, 0.25) is 0 Å². The van der Waals surface area contributed by atoms with Crippen LogP contribution in [0.15, 0.2) is 0 Å². The summed E-state index contributed by atoms with van der Waals surface area (Å²) in [5.74, 6) is 0. The van der Waals surface area contributed by atoms with Crippen molar-refractivity contribution in [1.29, 1.82) is 0 Å². The Labute approximate surface area is 45.9 Å². The van der Waals surface area contributed by atoms with E-state index in [4.69, 9.17) is 0 Å². The van der Waals surface area contributed by atoms with Gasteiger partial charge in [-0.05, 0) is 0 Å². The van der Waals surface area contributed by atoms with Crippen LogP contribution in [0.25, 0.3) is 0 Å². The Bertz CT molecular complexity index is 6.85. The second-order valence-electron chi connectivity index (χ2n) is 0. The fraction of sp³-hybridized carbons (Fsp3) is 0. The SMILES string of the molecule is O.[F-].[F-].[F-].[Sc+3]. The third-order valence-corrected chi connectivity index (χ3v) is 0. The summed E-state index contributed by atoms with van der Waals surface area (Å²) in [6.07, 6.45) is 0. The summed E-state index contributed by atoms with van der Waals surface area (Å²) < 4.78 is 0. The van der Waals surface area contributed by atoms with Crippen molar-refractivity contribution < 1.29 is 45.4 Å². The van der Waals surface area contributed by atoms with Crippen LogP contribution in [-0.2, 0) is 25.8 Å². The first kappa shape index (κ1) is 312. The Morgan fingerprint density at radius 3 is 0.600 bits per heavy atom. The molecule has 0 aliphatic carbocycles. The standard InChI is InChI=1S/3FH.H2O.Sc/h3*1H;1H2;/q;;;;+3/p-3. The quantitative estimate of drug-likeness (QED) is 0.304. The van der Waals surface area contributed by atoms with E-state index >= 15 is 0 Å². The maximum Gasteiger partial charge on any atom is 3.00 e. The molecule has 0 fully saturated rings. The molecule has 0 spiro atoms. The van der Waals surface area contributed by atoms with Gasteiger partial charge in [-0.2, -0.15) is 0 Å². The molecule has 0 bridgehead atoms. The predicted octanol–water partition coefficient (Wildman–Crippen LogP) is -9.82. The molecule has 0 atom stereocenters. The zero-order valence-corrected chi connectivity index (χ0v) is 4.01. The van der Waals surface area contributed by atoms with Crippen LogP contribution in [0.4, 0.5) is 0 Å². The zero-order valence-electron chi connectivity index (χ0n) is 2.21. The van der Waals surface area contributed by atoms with Crippen molar-refractivity contribution in [3.63, 3.8) is 0 Å². The van der Waals surface area contributed by atoms with Crippen LogP contribution in [0.2, 0.25) is 0 Å². The van der Waals surface area contributed by atoms with Crippen LogP contribution in [0.5, 0.6) is 0 Å². The van der Waals surface area contributed by atoms with E-state index in [2.05, 4.69) is 0 Å². The minimum atomic E-state index is 0. The number of hydrogen-bond acceptors (Lipinski definition) is 0. The smallest absolute Gasteiger partial charge is 1.00 e. The van der Waals surface area contributed by atoms with Gasteiger partial charge in [0, 0.05) is 0 Å². The molecule has 0 rings (SSSR count). The van der Waals surface area contributed by atoms with E-state index in [1.54, 1.807) is 0 Å². The monoisotopic (exact) mass is 120 g/mol. The number of rotatable bonds is 0. The molecule has 32 valence electrons.